The van der Waals surface area contributed by atoms with Crippen LogP contribution in [-0.2, 0) is 16.1 Å². The molecule has 2 unspecified atom stereocenters. The van der Waals surface area contributed by atoms with Gasteiger partial charge in [-0.2, -0.15) is 0 Å². The second-order valence-corrected chi connectivity index (χ2v) is 8.97. The molecule has 1 saturated heterocycles. The summed E-state index contributed by atoms with van der Waals surface area (Å²) in [5, 5.41) is 10.4. The maximum Gasteiger partial charge on any atom is 0.253 e. The molecule has 1 fully saturated rings. The number of carbonyl (C=O) groups excluding carboxylic acids is 1. The minimum atomic E-state index is -0.593. The Hall–Kier alpha value is -2.19. The molecule has 0 radical (unpaired) electrons. The zero-order valence-electron chi connectivity index (χ0n) is 19.4. The Bertz CT molecular complexity index is 806. The molecule has 1 aromatic carbocycles. The molecule has 3 rings (SSSR count). The normalized spacial score (nSPS) is 18.1. The first-order valence-corrected chi connectivity index (χ1v) is 11.4. The Morgan fingerprint density at radius 1 is 1.28 bits per heavy atom. The van der Waals surface area contributed by atoms with E-state index in [4.69, 9.17) is 13.9 Å². The van der Waals surface area contributed by atoms with Crippen LogP contribution in [-0.4, -0.2) is 79.0 Å². The molecule has 2 heterocycles. The number of rotatable bonds is 11. The van der Waals surface area contributed by atoms with Crippen molar-refractivity contribution in [3.63, 3.8) is 0 Å². The van der Waals surface area contributed by atoms with Crippen LogP contribution in [0.2, 0.25) is 0 Å². The van der Waals surface area contributed by atoms with Crippen molar-refractivity contribution in [1.29, 1.82) is 0 Å². The molecule has 1 aromatic heterocycles. The Morgan fingerprint density at radius 3 is 2.75 bits per heavy atom. The third-order valence-electron chi connectivity index (χ3n) is 5.42. The van der Waals surface area contributed by atoms with Gasteiger partial charge in [0.15, 0.2) is 0 Å². The van der Waals surface area contributed by atoms with Gasteiger partial charge in [0.1, 0.15) is 12.4 Å². The third kappa shape index (κ3) is 7.74. The lowest BCUT2D eigenvalue weighted by atomic mass is 10.1. The summed E-state index contributed by atoms with van der Waals surface area (Å²) in [7, 11) is 0. The summed E-state index contributed by atoms with van der Waals surface area (Å²) in [6.07, 6.45) is 0.924. The van der Waals surface area contributed by atoms with Gasteiger partial charge in [0, 0.05) is 38.3 Å². The molecule has 0 aliphatic carbocycles. The van der Waals surface area contributed by atoms with Crippen LogP contribution in [0.4, 0.5) is 0 Å². The summed E-state index contributed by atoms with van der Waals surface area (Å²) < 4.78 is 16.8. The van der Waals surface area contributed by atoms with Crippen LogP contribution in [0.1, 0.15) is 35.5 Å². The number of ether oxygens (including phenoxy) is 2. The number of amides is 1. The van der Waals surface area contributed by atoms with E-state index in [1.54, 1.807) is 6.26 Å². The quantitative estimate of drug-likeness (QED) is 0.574. The van der Waals surface area contributed by atoms with Gasteiger partial charge in [-0.1, -0.05) is 31.5 Å². The summed E-state index contributed by atoms with van der Waals surface area (Å²) in [5.74, 6) is 1.13. The van der Waals surface area contributed by atoms with Crippen LogP contribution in [0.15, 0.2) is 47.1 Å². The second-order valence-electron chi connectivity index (χ2n) is 8.97. The van der Waals surface area contributed by atoms with E-state index in [0.29, 0.717) is 50.9 Å². The molecule has 176 valence electrons. The van der Waals surface area contributed by atoms with E-state index in [2.05, 4.69) is 18.7 Å². The van der Waals surface area contributed by atoms with E-state index >= 15 is 0 Å². The highest BCUT2D eigenvalue weighted by Gasteiger charge is 2.27. The van der Waals surface area contributed by atoms with Gasteiger partial charge in [0.05, 0.1) is 31.7 Å². The van der Waals surface area contributed by atoms with E-state index in [1.807, 2.05) is 48.2 Å². The fraction of sp³-hybridized carbons (Fsp3) is 0.560. The van der Waals surface area contributed by atoms with Crippen LogP contribution in [0, 0.1) is 12.8 Å². The van der Waals surface area contributed by atoms with Crippen LogP contribution in [0.5, 0.6) is 0 Å². The van der Waals surface area contributed by atoms with Gasteiger partial charge in [-0.15, -0.1) is 0 Å². The largest absolute Gasteiger partial charge is 0.467 e. The standard InChI is InChI=1S/C25H36N2O5/c1-19(2)13-27(25(29)21-8-6-20(3)7-9-21)16-24-15-26(10-12-32-24)14-22(28)17-30-18-23-5-4-11-31-23/h4-9,11,19,22,24,28H,10,12-18H2,1-3H3. The number of carbonyl (C=O) groups is 1. The maximum absolute atomic E-state index is 13.1. The monoisotopic (exact) mass is 444 g/mol. The molecule has 0 bridgehead atoms. The van der Waals surface area contributed by atoms with Crippen molar-refractivity contribution in [2.24, 2.45) is 5.92 Å². The first-order valence-electron chi connectivity index (χ1n) is 11.4. The van der Waals surface area contributed by atoms with Gasteiger partial charge in [-0.3, -0.25) is 9.69 Å². The number of hydrogen-bond donors (Lipinski definition) is 1. The van der Waals surface area contributed by atoms with Crippen molar-refractivity contribution in [3.8, 4) is 0 Å². The summed E-state index contributed by atoms with van der Waals surface area (Å²) in [6.45, 7) is 10.6. The number of hydrogen-bond acceptors (Lipinski definition) is 6. The fourth-order valence-corrected chi connectivity index (χ4v) is 3.90. The van der Waals surface area contributed by atoms with Crippen molar-refractivity contribution >= 4 is 5.91 Å². The molecule has 2 atom stereocenters. The van der Waals surface area contributed by atoms with E-state index < -0.39 is 6.10 Å². The Labute approximate surface area is 190 Å². The minimum absolute atomic E-state index is 0.0331. The highest BCUT2D eigenvalue weighted by Crippen LogP contribution is 2.14. The number of nitrogens with zero attached hydrogens (tertiary/aromatic N) is 2. The smallest absolute Gasteiger partial charge is 0.253 e. The molecule has 0 saturated carbocycles. The van der Waals surface area contributed by atoms with E-state index in [9.17, 15) is 9.90 Å². The SMILES string of the molecule is Cc1ccc(C(=O)N(CC(C)C)CC2CN(CC(O)COCc3ccco3)CCO2)cc1. The molecule has 1 aliphatic rings. The van der Waals surface area contributed by atoms with E-state index in [0.717, 1.165) is 17.9 Å². The van der Waals surface area contributed by atoms with Crippen molar-refractivity contribution in [3.05, 3.63) is 59.5 Å². The average Bonchev–Trinajstić information content (AvgIpc) is 3.27. The van der Waals surface area contributed by atoms with Crippen LogP contribution >= 0.6 is 0 Å². The van der Waals surface area contributed by atoms with Gasteiger partial charge in [0.2, 0.25) is 0 Å². The second kappa shape index (κ2) is 12.2. The van der Waals surface area contributed by atoms with Crippen LogP contribution < -0.4 is 0 Å². The third-order valence-corrected chi connectivity index (χ3v) is 5.42. The summed E-state index contributed by atoms with van der Waals surface area (Å²) in [6, 6.07) is 11.4. The Morgan fingerprint density at radius 2 is 2.06 bits per heavy atom. The summed E-state index contributed by atoms with van der Waals surface area (Å²) in [5.41, 5.74) is 1.84. The summed E-state index contributed by atoms with van der Waals surface area (Å²) in [4.78, 5) is 17.2. The molecule has 7 nitrogen and oxygen atoms in total. The molecule has 2 aromatic rings. The van der Waals surface area contributed by atoms with Gasteiger partial charge in [0.25, 0.3) is 5.91 Å². The Kier molecular flexibility index (Phi) is 9.29. The number of morpholine rings is 1. The zero-order valence-corrected chi connectivity index (χ0v) is 19.4. The number of aliphatic hydroxyl groups excluding tert-OH is 1. The van der Waals surface area contributed by atoms with Crippen LogP contribution in [0.3, 0.4) is 0 Å². The predicted molar refractivity (Wildman–Crippen MR) is 122 cm³/mol. The van der Waals surface area contributed by atoms with Crippen molar-refractivity contribution in [1.82, 2.24) is 9.80 Å². The number of β-amino-alcohol motifs (C(OH)–C–C–N with tert-alkyl or cyclic N) is 1. The number of aliphatic hydroxyl groups is 1. The lowest BCUT2D eigenvalue weighted by Crippen LogP contribution is -2.51. The molecule has 1 amide bonds. The highest BCUT2D eigenvalue weighted by molar-refractivity contribution is 5.94. The zero-order chi connectivity index (χ0) is 22.9. The minimum Gasteiger partial charge on any atom is -0.467 e. The van der Waals surface area contributed by atoms with Gasteiger partial charge in [-0.25, -0.2) is 0 Å². The lowest BCUT2D eigenvalue weighted by molar-refractivity contribution is -0.0608. The number of furan rings is 1. The van der Waals surface area contributed by atoms with E-state index in [1.165, 1.54) is 0 Å². The van der Waals surface area contributed by atoms with Gasteiger partial charge < -0.3 is 23.9 Å². The van der Waals surface area contributed by atoms with E-state index in [-0.39, 0.29) is 18.6 Å². The molecule has 1 aliphatic heterocycles. The van der Waals surface area contributed by atoms with Crippen molar-refractivity contribution in [2.45, 2.75) is 39.6 Å². The van der Waals surface area contributed by atoms with Crippen molar-refractivity contribution in [2.75, 3.05) is 45.9 Å². The number of aryl methyl sites for hydroxylation is 1. The Balaban J connectivity index is 1.50. The molecule has 7 heteroatoms. The average molecular weight is 445 g/mol. The molecule has 1 N–H and O–H groups in total. The molecule has 0 spiro atoms. The molecular weight excluding hydrogens is 408 g/mol. The van der Waals surface area contributed by atoms with Gasteiger partial charge in [-0.05, 0) is 37.1 Å². The topological polar surface area (TPSA) is 75.4 Å². The maximum atomic E-state index is 13.1. The fourth-order valence-electron chi connectivity index (χ4n) is 3.90. The first-order chi connectivity index (χ1) is 15.4. The number of benzene rings is 1. The highest BCUT2D eigenvalue weighted by atomic mass is 16.5. The molecule has 32 heavy (non-hydrogen) atoms. The van der Waals surface area contributed by atoms with Crippen LogP contribution in [0.25, 0.3) is 0 Å². The predicted octanol–water partition coefficient (Wildman–Crippen LogP) is 2.96. The lowest BCUT2D eigenvalue weighted by Gasteiger charge is -2.37. The van der Waals surface area contributed by atoms with Gasteiger partial charge >= 0.3 is 0 Å². The first kappa shape index (κ1) is 24.5. The molecular formula is C25H36N2O5. The summed E-state index contributed by atoms with van der Waals surface area (Å²) >= 11 is 0. The van der Waals surface area contributed by atoms with Crippen molar-refractivity contribution < 1.29 is 23.8 Å².